The fourth-order valence-corrected chi connectivity index (χ4v) is 1.75. The molecule has 152 valence electrons. The van der Waals surface area contributed by atoms with Crippen LogP contribution < -0.4 is 0 Å². The molecule has 0 aromatic heterocycles. The van der Waals surface area contributed by atoms with E-state index in [1.165, 1.54) is 0 Å². The quantitative estimate of drug-likeness (QED) is 0.224. The highest BCUT2D eigenvalue weighted by Crippen LogP contribution is 1.97. The van der Waals surface area contributed by atoms with Crippen molar-refractivity contribution in [1.82, 2.24) is 0 Å². The van der Waals surface area contributed by atoms with E-state index in [9.17, 15) is 5.11 Å². The van der Waals surface area contributed by atoms with E-state index in [4.69, 9.17) is 33.5 Å². The summed E-state index contributed by atoms with van der Waals surface area (Å²) >= 11 is 0. The summed E-state index contributed by atoms with van der Waals surface area (Å²) < 4.78 is 31.5. The lowest BCUT2D eigenvalue weighted by molar-refractivity contribution is -0.141. The number of hydrogen-bond acceptors (Lipinski definition) is 8. The van der Waals surface area contributed by atoms with Gasteiger partial charge in [-0.15, -0.1) is 0 Å². The standard InChI is InChI=1S/C17H36O8/c1-2-3-4-6-25-17(19)16-24-15-14-23-13-12-22-11-10-21-9-8-20-7-5-18/h17-19H,2-16H2,1H3. The smallest absolute Gasteiger partial charge is 0.178 e. The second-order valence-electron chi connectivity index (χ2n) is 5.28. The zero-order chi connectivity index (χ0) is 18.4. The molecule has 0 saturated carbocycles. The molecule has 0 fully saturated rings. The van der Waals surface area contributed by atoms with Gasteiger partial charge in [-0.05, 0) is 6.42 Å². The molecule has 8 heteroatoms. The van der Waals surface area contributed by atoms with E-state index in [1.807, 2.05) is 0 Å². The molecule has 0 bridgehead atoms. The Balaban J connectivity index is 3.06. The van der Waals surface area contributed by atoms with Crippen LogP contribution in [0.3, 0.4) is 0 Å². The van der Waals surface area contributed by atoms with Crippen molar-refractivity contribution in [2.24, 2.45) is 0 Å². The van der Waals surface area contributed by atoms with Gasteiger partial charge < -0.3 is 38.6 Å². The van der Waals surface area contributed by atoms with Crippen LogP contribution in [0.4, 0.5) is 0 Å². The third-order valence-electron chi connectivity index (χ3n) is 3.04. The first-order valence-electron chi connectivity index (χ1n) is 9.10. The molecular formula is C17H36O8. The van der Waals surface area contributed by atoms with E-state index in [0.717, 1.165) is 19.3 Å². The normalized spacial score (nSPS) is 12.6. The van der Waals surface area contributed by atoms with Gasteiger partial charge in [-0.25, -0.2) is 0 Å². The number of hydrogen-bond donors (Lipinski definition) is 2. The first-order chi connectivity index (χ1) is 12.3. The van der Waals surface area contributed by atoms with Crippen molar-refractivity contribution in [2.45, 2.75) is 32.5 Å². The summed E-state index contributed by atoms with van der Waals surface area (Å²) in [4.78, 5) is 0. The van der Waals surface area contributed by atoms with Crippen LogP contribution in [0.2, 0.25) is 0 Å². The fraction of sp³-hybridized carbons (Fsp3) is 1.00. The van der Waals surface area contributed by atoms with Gasteiger partial charge in [-0.3, -0.25) is 0 Å². The summed E-state index contributed by atoms with van der Waals surface area (Å²) in [6, 6.07) is 0. The van der Waals surface area contributed by atoms with E-state index < -0.39 is 6.29 Å². The highest BCUT2D eigenvalue weighted by atomic mass is 16.6. The van der Waals surface area contributed by atoms with Crippen LogP contribution in [0, 0.1) is 0 Å². The molecule has 0 aromatic carbocycles. The molecule has 0 aliphatic heterocycles. The van der Waals surface area contributed by atoms with Gasteiger partial charge in [0.25, 0.3) is 0 Å². The van der Waals surface area contributed by atoms with Gasteiger partial charge in [0, 0.05) is 6.61 Å². The summed E-state index contributed by atoms with van der Waals surface area (Å²) in [7, 11) is 0. The van der Waals surface area contributed by atoms with E-state index in [1.54, 1.807) is 0 Å². The molecular weight excluding hydrogens is 332 g/mol. The van der Waals surface area contributed by atoms with Gasteiger partial charge in [-0.2, -0.15) is 0 Å². The van der Waals surface area contributed by atoms with Crippen LogP contribution >= 0.6 is 0 Å². The molecule has 0 saturated heterocycles. The molecule has 0 radical (unpaired) electrons. The third-order valence-corrected chi connectivity index (χ3v) is 3.04. The number of ether oxygens (including phenoxy) is 6. The van der Waals surface area contributed by atoms with E-state index in [2.05, 4.69) is 6.92 Å². The zero-order valence-electron chi connectivity index (χ0n) is 15.5. The molecule has 0 rings (SSSR count). The lowest BCUT2D eigenvalue weighted by atomic mass is 10.3. The van der Waals surface area contributed by atoms with Crippen molar-refractivity contribution < 1.29 is 38.6 Å². The van der Waals surface area contributed by atoms with Gasteiger partial charge in [0.2, 0.25) is 0 Å². The lowest BCUT2D eigenvalue weighted by Crippen LogP contribution is -2.21. The molecule has 0 aliphatic rings. The first kappa shape index (κ1) is 24.7. The Hall–Kier alpha value is -0.320. The Kier molecular flexibility index (Phi) is 21.4. The fourth-order valence-electron chi connectivity index (χ4n) is 1.75. The second-order valence-corrected chi connectivity index (χ2v) is 5.28. The molecule has 0 aliphatic carbocycles. The highest BCUT2D eigenvalue weighted by molar-refractivity contribution is 4.42. The Bertz CT molecular complexity index is 243. The van der Waals surface area contributed by atoms with Gasteiger partial charge in [0.1, 0.15) is 0 Å². The average Bonchev–Trinajstić information content (AvgIpc) is 2.62. The van der Waals surface area contributed by atoms with Crippen molar-refractivity contribution in [3.8, 4) is 0 Å². The molecule has 2 N–H and O–H groups in total. The van der Waals surface area contributed by atoms with Crippen LogP contribution in [0.25, 0.3) is 0 Å². The summed E-state index contributed by atoms with van der Waals surface area (Å²) in [5, 5.41) is 18.0. The van der Waals surface area contributed by atoms with E-state index in [-0.39, 0.29) is 13.2 Å². The number of rotatable bonds is 21. The lowest BCUT2D eigenvalue weighted by Gasteiger charge is -2.12. The van der Waals surface area contributed by atoms with Crippen LogP contribution in [0.1, 0.15) is 26.2 Å². The van der Waals surface area contributed by atoms with Crippen molar-refractivity contribution >= 4 is 0 Å². The second kappa shape index (κ2) is 21.7. The van der Waals surface area contributed by atoms with Gasteiger partial charge in [-0.1, -0.05) is 19.8 Å². The maximum Gasteiger partial charge on any atom is 0.178 e. The Morgan fingerprint density at radius 3 is 1.60 bits per heavy atom. The Morgan fingerprint density at radius 2 is 1.12 bits per heavy atom. The van der Waals surface area contributed by atoms with Crippen molar-refractivity contribution in [2.75, 3.05) is 79.3 Å². The molecule has 1 atom stereocenters. The number of aliphatic hydroxyl groups is 2. The summed E-state index contributed by atoms with van der Waals surface area (Å²) in [6.45, 7) is 7.01. The SMILES string of the molecule is CCCCCOC(O)COCCOCCOCCOCCOCCO. The predicted molar refractivity (Wildman–Crippen MR) is 92.7 cm³/mol. The monoisotopic (exact) mass is 368 g/mol. The van der Waals surface area contributed by atoms with Crippen LogP contribution in [-0.2, 0) is 28.4 Å². The minimum atomic E-state index is -0.866. The first-order valence-corrected chi connectivity index (χ1v) is 9.10. The molecule has 25 heavy (non-hydrogen) atoms. The van der Waals surface area contributed by atoms with E-state index >= 15 is 0 Å². The van der Waals surface area contributed by atoms with Crippen molar-refractivity contribution in [3.63, 3.8) is 0 Å². The van der Waals surface area contributed by atoms with Crippen LogP contribution in [0.15, 0.2) is 0 Å². The molecule has 0 spiro atoms. The Labute approximate surface area is 151 Å². The predicted octanol–water partition coefficient (Wildman–Crippen LogP) is 0.587. The molecule has 1 unspecified atom stereocenters. The minimum absolute atomic E-state index is 0.0293. The maximum absolute atomic E-state index is 9.51. The Morgan fingerprint density at radius 1 is 0.640 bits per heavy atom. The number of aliphatic hydroxyl groups excluding tert-OH is 2. The molecule has 0 heterocycles. The van der Waals surface area contributed by atoms with Crippen LogP contribution in [-0.4, -0.2) is 95.8 Å². The van der Waals surface area contributed by atoms with Gasteiger partial charge >= 0.3 is 0 Å². The van der Waals surface area contributed by atoms with E-state index in [0.29, 0.717) is 66.1 Å². The summed E-state index contributed by atoms with van der Waals surface area (Å²) in [5.74, 6) is 0. The van der Waals surface area contributed by atoms with Crippen molar-refractivity contribution in [3.05, 3.63) is 0 Å². The van der Waals surface area contributed by atoms with Crippen LogP contribution in [0.5, 0.6) is 0 Å². The summed E-state index contributed by atoms with van der Waals surface area (Å²) in [6.07, 6.45) is 2.33. The van der Waals surface area contributed by atoms with Crippen molar-refractivity contribution in [1.29, 1.82) is 0 Å². The minimum Gasteiger partial charge on any atom is -0.394 e. The third kappa shape index (κ3) is 21.6. The average molecular weight is 368 g/mol. The van der Waals surface area contributed by atoms with Gasteiger partial charge in [0.15, 0.2) is 6.29 Å². The molecule has 8 nitrogen and oxygen atoms in total. The highest BCUT2D eigenvalue weighted by Gasteiger charge is 2.03. The largest absolute Gasteiger partial charge is 0.394 e. The maximum atomic E-state index is 9.51. The summed E-state index contributed by atoms with van der Waals surface area (Å²) in [5.41, 5.74) is 0. The van der Waals surface area contributed by atoms with Gasteiger partial charge in [0.05, 0.1) is 72.7 Å². The molecule has 0 aromatic rings. The number of unbranched alkanes of at least 4 members (excludes halogenated alkanes) is 2. The molecule has 0 amide bonds. The topological polar surface area (TPSA) is 95.8 Å². The zero-order valence-corrected chi connectivity index (χ0v) is 15.5.